The van der Waals surface area contributed by atoms with E-state index in [4.69, 9.17) is 4.74 Å². The average Bonchev–Trinajstić information content (AvgIpc) is 3.60. The predicted octanol–water partition coefficient (Wildman–Crippen LogP) is 3.52. The van der Waals surface area contributed by atoms with E-state index < -0.39 is 28.9 Å². The number of ether oxygens (including phenoxy) is 1. The number of hydrogen-bond acceptors (Lipinski definition) is 5. The Bertz CT molecular complexity index is 1230. The quantitative estimate of drug-likeness (QED) is 0.729. The number of halogens is 1. The first kappa shape index (κ1) is 21.7. The zero-order valence-electron chi connectivity index (χ0n) is 19.1. The summed E-state index contributed by atoms with van der Waals surface area (Å²) in [5, 5.41) is 12.4. The standard InChI is InChI=1S/C24H28FN3O5/c1-11-19-14(20(19)26-23(32)33-24(2,3)4)9-27(11)18-8-17-13(7-16(18)25)21(29)15(22(30)31)10-28(17)12-5-6-12/h7-8,10-12,14,19-20H,5-6,9H2,1-4H3,(H,26,32)(H,30,31)/t11-,14-,19+,20+/m1/s1. The summed E-state index contributed by atoms with van der Waals surface area (Å²) in [4.78, 5) is 38.3. The highest BCUT2D eigenvalue weighted by molar-refractivity contribution is 5.93. The van der Waals surface area contributed by atoms with Gasteiger partial charge >= 0.3 is 12.1 Å². The molecule has 1 aromatic carbocycles. The van der Waals surface area contributed by atoms with E-state index in [1.807, 2.05) is 32.6 Å². The van der Waals surface area contributed by atoms with Crippen molar-refractivity contribution in [3.05, 3.63) is 39.9 Å². The molecular formula is C24H28FN3O5. The molecule has 176 valence electrons. The lowest BCUT2D eigenvalue weighted by Gasteiger charge is -2.30. The summed E-state index contributed by atoms with van der Waals surface area (Å²) in [6.45, 7) is 8.03. The first-order chi connectivity index (χ1) is 15.5. The molecule has 0 unspecified atom stereocenters. The van der Waals surface area contributed by atoms with Gasteiger partial charge in [0.05, 0.1) is 11.2 Å². The van der Waals surface area contributed by atoms with Crippen LogP contribution in [-0.2, 0) is 4.74 Å². The third kappa shape index (κ3) is 3.73. The van der Waals surface area contributed by atoms with Gasteiger partial charge in [0.1, 0.15) is 17.0 Å². The highest BCUT2D eigenvalue weighted by atomic mass is 19.1. The SMILES string of the molecule is C[C@@H]1[C@H]2[C@@H](CN1c1cc3c(cc1F)c(=O)c(C(=O)O)cn3C1CC1)[C@@H]2NC(=O)OC(C)(C)C. The number of carbonyl (C=O) groups excluding carboxylic acids is 1. The van der Waals surface area contributed by atoms with Gasteiger partial charge in [-0.15, -0.1) is 0 Å². The molecule has 1 saturated heterocycles. The van der Waals surface area contributed by atoms with Crippen LogP contribution in [0.3, 0.4) is 0 Å². The topological polar surface area (TPSA) is 101 Å². The maximum absolute atomic E-state index is 15.2. The number of carboxylic acids is 1. The second-order valence-corrected chi connectivity index (χ2v) is 10.4. The van der Waals surface area contributed by atoms with Crippen molar-refractivity contribution < 1.29 is 23.8 Å². The molecule has 1 aliphatic heterocycles. The molecule has 0 bridgehead atoms. The molecule has 4 atom stereocenters. The smallest absolute Gasteiger partial charge is 0.407 e. The van der Waals surface area contributed by atoms with Crippen molar-refractivity contribution in [1.29, 1.82) is 0 Å². The molecule has 3 fully saturated rings. The number of pyridine rings is 1. The van der Waals surface area contributed by atoms with Crippen LogP contribution in [0.25, 0.3) is 10.9 Å². The molecule has 8 nitrogen and oxygen atoms in total. The van der Waals surface area contributed by atoms with Crippen molar-refractivity contribution in [2.24, 2.45) is 11.8 Å². The number of nitrogens with zero attached hydrogens (tertiary/aromatic N) is 2. The lowest BCUT2D eigenvalue weighted by Crippen LogP contribution is -2.41. The minimum atomic E-state index is -1.31. The molecule has 2 aliphatic carbocycles. The summed E-state index contributed by atoms with van der Waals surface area (Å²) in [5.74, 6) is -1.47. The normalized spacial score (nSPS) is 26.3. The van der Waals surface area contributed by atoms with Crippen LogP contribution in [0.4, 0.5) is 14.9 Å². The number of carbonyl (C=O) groups is 2. The maximum atomic E-state index is 15.2. The number of aromatic carboxylic acids is 1. The molecule has 33 heavy (non-hydrogen) atoms. The van der Waals surface area contributed by atoms with E-state index in [1.54, 1.807) is 10.6 Å². The van der Waals surface area contributed by atoms with Crippen molar-refractivity contribution in [2.45, 2.75) is 64.3 Å². The monoisotopic (exact) mass is 457 g/mol. The summed E-state index contributed by atoms with van der Waals surface area (Å²) < 4.78 is 22.4. The lowest BCUT2D eigenvalue weighted by molar-refractivity contribution is 0.0516. The molecule has 0 spiro atoms. The number of amides is 1. The van der Waals surface area contributed by atoms with Gasteiger partial charge < -0.3 is 24.6 Å². The molecule has 0 radical (unpaired) electrons. The number of aromatic nitrogens is 1. The number of alkyl carbamates (subject to hydrolysis) is 1. The van der Waals surface area contributed by atoms with Crippen molar-refractivity contribution in [3.63, 3.8) is 0 Å². The molecule has 5 rings (SSSR count). The number of hydrogen-bond donors (Lipinski definition) is 2. The lowest BCUT2D eigenvalue weighted by atomic mass is 10.1. The molecule has 2 aromatic rings. The number of carboxylic acid groups (broad SMARTS) is 1. The van der Waals surface area contributed by atoms with Crippen molar-refractivity contribution in [1.82, 2.24) is 9.88 Å². The fraction of sp³-hybridized carbons (Fsp3) is 0.542. The molecule has 9 heteroatoms. The summed E-state index contributed by atoms with van der Waals surface area (Å²) >= 11 is 0. The molecule has 2 saturated carbocycles. The fourth-order valence-corrected chi connectivity index (χ4v) is 5.25. The Kier molecular flexibility index (Phi) is 4.74. The largest absolute Gasteiger partial charge is 0.477 e. The zero-order valence-corrected chi connectivity index (χ0v) is 19.1. The molecule has 2 N–H and O–H groups in total. The Morgan fingerprint density at radius 1 is 1.24 bits per heavy atom. The summed E-state index contributed by atoms with van der Waals surface area (Å²) in [5.41, 5.74) is -0.625. The fourth-order valence-electron chi connectivity index (χ4n) is 5.25. The first-order valence-corrected chi connectivity index (χ1v) is 11.3. The van der Waals surface area contributed by atoms with Gasteiger partial charge in [-0.1, -0.05) is 0 Å². The first-order valence-electron chi connectivity index (χ1n) is 11.3. The Morgan fingerprint density at radius 3 is 2.48 bits per heavy atom. The van der Waals surface area contributed by atoms with Gasteiger partial charge in [0.2, 0.25) is 5.43 Å². The van der Waals surface area contributed by atoms with E-state index in [1.165, 1.54) is 12.3 Å². The van der Waals surface area contributed by atoms with Crippen LogP contribution < -0.4 is 15.6 Å². The van der Waals surface area contributed by atoms with Crippen molar-refractivity contribution >= 4 is 28.7 Å². The Labute approximate surface area is 190 Å². The number of fused-ring (bicyclic) bond motifs is 2. The van der Waals surface area contributed by atoms with Gasteiger partial charge in [0.15, 0.2) is 0 Å². The molecule has 1 aromatic heterocycles. The van der Waals surface area contributed by atoms with E-state index in [0.717, 1.165) is 12.8 Å². The third-order valence-corrected chi connectivity index (χ3v) is 6.95. The van der Waals surface area contributed by atoms with Crippen LogP contribution >= 0.6 is 0 Å². The van der Waals surface area contributed by atoms with E-state index in [-0.39, 0.29) is 40.9 Å². The summed E-state index contributed by atoms with van der Waals surface area (Å²) in [7, 11) is 0. The average molecular weight is 458 g/mol. The summed E-state index contributed by atoms with van der Waals surface area (Å²) in [6, 6.07) is 2.95. The van der Waals surface area contributed by atoms with Crippen LogP contribution in [0.1, 0.15) is 56.9 Å². The van der Waals surface area contributed by atoms with Crippen LogP contribution in [0.15, 0.2) is 23.1 Å². The van der Waals surface area contributed by atoms with Gasteiger partial charge in [-0.25, -0.2) is 14.0 Å². The number of rotatable bonds is 4. The van der Waals surface area contributed by atoms with E-state index in [9.17, 15) is 19.5 Å². The molecule has 3 aliphatic rings. The summed E-state index contributed by atoms with van der Waals surface area (Å²) in [6.07, 6.45) is 2.73. The van der Waals surface area contributed by atoms with Gasteiger partial charge in [-0.3, -0.25) is 4.79 Å². The molecule has 2 heterocycles. The van der Waals surface area contributed by atoms with E-state index >= 15 is 4.39 Å². The highest BCUT2D eigenvalue weighted by Gasteiger charge is 2.61. The van der Waals surface area contributed by atoms with Crippen LogP contribution in [0, 0.1) is 17.7 Å². The van der Waals surface area contributed by atoms with Gasteiger partial charge in [0.25, 0.3) is 0 Å². The number of piperidine rings is 1. The minimum absolute atomic E-state index is 0.00242. The van der Waals surface area contributed by atoms with Crippen LogP contribution in [-0.4, -0.2) is 46.0 Å². The van der Waals surface area contributed by atoms with Crippen LogP contribution in [0.2, 0.25) is 0 Å². The number of anilines is 1. The van der Waals surface area contributed by atoms with E-state index in [2.05, 4.69) is 5.32 Å². The number of benzene rings is 1. The van der Waals surface area contributed by atoms with Gasteiger partial charge in [-0.2, -0.15) is 0 Å². The Morgan fingerprint density at radius 2 is 1.94 bits per heavy atom. The highest BCUT2D eigenvalue weighted by Crippen LogP contribution is 2.51. The molecule has 1 amide bonds. The van der Waals surface area contributed by atoms with Gasteiger partial charge in [-0.05, 0) is 52.7 Å². The maximum Gasteiger partial charge on any atom is 0.407 e. The Hall–Kier alpha value is -3.10. The van der Waals surface area contributed by atoms with Crippen molar-refractivity contribution in [2.75, 3.05) is 11.4 Å². The zero-order chi connectivity index (χ0) is 23.8. The second-order valence-electron chi connectivity index (χ2n) is 10.4. The van der Waals surface area contributed by atoms with Gasteiger partial charge in [0, 0.05) is 48.1 Å². The number of nitrogens with one attached hydrogen (secondary N) is 1. The van der Waals surface area contributed by atoms with E-state index in [0.29, 0.717) is 17.7 Å². The Balaban J connectivity index is 1.43. The second kappa shape index (κ2) is 7.20. The van der Waals surface area contributed by atoms with Crippen LogP contribution in [0.5, 0.6) is 0 Å². The predicted molar refractivity (Wildman–Crippen MR) is 120 cm³/mol. The molecular weight excluding hydrogens is 429 g/mol. The van der Waals surface area contributed by atoms with Crippen molar-refractivity contribution in [3.8, 4) is 0 Å². The minimum Gasteiger partial charge on any atom is -0.477 e. The third-order valence-electron chi connectivity index (χ3n) is 6.95.